The van der Waals surface area contributed by atoms with Gasteiger partial charge in [-0.3, -0.25) is 0 Å². The third kappa shape index (κ3) is 4.82. The Morgan fingerprint density at radius 2 is 1.12 bits per heavy atom. The van der Waals surface area contributed by atoms with Crippen LogP contribution >= 0.6 is 0 Å². The maximum Gasteiger partial charge on any atom is 0.118 e. The number of ether oxygens (including phenoxy) is 1. The standard InChI is InChI=1S/C21H28OSi2/c1-22-19-13-15-21(16-14-19)24(4,5)18-10-9-17-23(2,3)20-11-7-6-8-12-20/h6-18H,1-5H3/b17-9+,18-10-. The monoisotopic (exact) mass is 352 g/mol. The highest BCUT2D eigenvalue weighted by Gasteiger charge is 2.20. The zero-order valence-electron chi connectivity index (χ0n) is 15.4. The van der Waals surface area contributed by atoms with Crippen LogP contribution in [0.25, 0.3) is 0 Å². The second kappa shape index (κ2) is 7.82. The van der Waals surface area contributed by atoms with Gasteiger partial charge in [0.15, 0.2) is 0 Å². The van der Waals surface area contributed by atoms with Gasteiger partial charge in [-0.05, 0) is 12.1 Å². The Morgan fingerprint density at radius 1 is 0.667 bits per heavy atom. The van der Waals surface area contributed by atoms with Gasteiger partial charge in [0.05, 0.1) is 7.11 Å². The van der Waals surface area contributed by atoms with E-state index in [1.54, 1.807) is 7.11 Å². The average molecular weight is 353 g/mol. The summed E-state index contributed by atoms with van der Waals surface area (Å²) < 4.78 is 5.25. The third-order valence-corrected chi connectivity index (χ3v) is 10.2. The first-order valence-corrected chi connectivity index (χ1v) is 14.6. The minimum atomic E-state index is -1.56. The van der Waals surface area contributed by atoms with Crippen LogP contribution in [0.5, 0.6) is 5.75 Å². The largest absolute Gasteiger partial charge is 0.497 e. The van der Waals surface area contributed by atoms with Crippen molar-refractivity contribution >= 4 is 26.5 Å². The minimum Gasteiger partial charge on any atom is -0.497 e. The molecule has 0 unspecified atom stereocenters. The SMILES string of the molecule is COc1ccc([Si](C)(C)/C=C\C=C\[Si](C)(C)c2ccccc2)cc1. The second-order valence-electron chi connectivity index (χ2n) is 7.26. The molecule has 0 radical (unpaired) electrons. The summed E-state index contributed by atoms with van der Waals surface area (Å²) in [6.07, 6.45) is 4.49. The third-order valence-electron chi connectivity index (χ3n) is 4.49. The van der Waals surface area contributed by atoms with Crippen molar-refractivity contribution in [3.05, 3.63) is 78.1 Å². The lowest BCUT2D eigenvalue weighted by atomic mass is 10.3. The van der Waals surface area contributed by atoms with Crippen LogP contribution in [-0.4, -0.2) is 23.3 Å². The van der Waals surface area contributed by atoms with Gasteiger partial charge in [0.2, 0.25) is 0 Å². The second-order valence-corrected chi connectivity index (χ2v) is 16.0. The molecule has 3 heteroatoms. The predicted octanol–water partition coefficient (Wildman–Crippen LogP) is 4.42. The average Bonchev–Trinajstić information content (AvgIpc) is 2.59. The summed E-state index contributed by atoms with van der Waals surface area (Å²) in [6.45, 7) is 9.52. The van der Waals surface area contributed by atoms with Crippen LogP contribution in [0, 0.1) is 0 Å². The zero-order valence-corrected chi connectivity index (χ0v) is 17.4. The molecule has 2 aromatic carbocycles. The summed E-state index contributed by atoms with van der Waals surface area (Å²) in [7, 11) is -1.35. The number of rotatable bonds is 6. The lowest BCUT2D eigenvalue weighted by Gasteiger charge is -2.19. The molecule has 126 valence electrons. The van der Waals surface area contributed by atoms with Crippen molar-refractivity contribution < 1.29 is 4.74 Å². The van der Waals surface area contributed by atoms with E-state index in [1.165, 1.54) is 10.4 Å². The summed E-state index contributed by atoms with van der Waals surface area (Å²) in [5, 5.41) is 2.90. The number of hydrogen-bond donors (Lipinski definition) is 0. The Balaban J connectivity index is 2.08. The van der Waals surface area contributed by atoms with Crippen molar-refractivity contribution in [1.29, 1.82) is 0 Å². The van der Waals surface area contributed by atoms with E-state index in [1.807, 2.05) is 0 Å². The van der Waals surface area contributed by atoms with E-state index in [0.717, 1.165) is 5.75 Å². The molecule has 1 nitrogen and oxygen atoms in total. The summed E-state index contributed by atoms with van der Waals surface area (Å²) in [5.74, 6) is 0.919. The molecule has 0 bridgehead atoms. The first kappa shape index (κ1) is 18.5. The van der Waals surface area contributed by atoms with Gasteiger partial charge in [0.1, 0.15) is 21.9 Å². The van der Waals surface area contributed by atoms with Crippen LogP contribution < -0.4 is 15.1 Å². The van der Waals surface area contributed by atoms with Gasteiger partial charge in [-0.2, -0.15) is 0 Å². The molecular weight excluding hydrogens is 324 g/mol. The van der Waals surface area contributed by atoms with E-state index in [0.29, 0.717) is 0 Å². The van der Waals surface area contributed by atoms with Crippen LogP contribution in [-0.2, 0) is 0 Å². The fourth-order valence-corrected chi connectivity index (χ4v) is 6.32. The van der Waals surface area contributed by atoms with E-state index in [2.05, 4.69) is 104 Å². The Bertz CT molecular complexity index is 698. The minimum absolute atomic E-state index is 0.919. The van der Waals surface area contributed by atoms with Gasteiger partial charge in [-0.15, -0.1) is 0 Å². The van der Waals surface area contributed by atoms with Crippen molar-refractivity contribution in [3.63, 3.8) is 0 Å². The Kier molecular flexibility index (Phi) is 6.02. The van der Waals surface area contributed by atoms with E-state index >= 15 is 0 Å². The summed E-state index contributed by atoms with van der Waals surface area (Å²) in [6, 6.07) is 19.3. The van der Waals surface area contributed by atoms with Crippen molar-refractivity contribution in [2.24, 2.45) is 0 Å². The first-order chi connectivity index (χ1) is 11.3. The zero-order chi connectivity index (χ0) is 17.6. The van der Waals surface area contributed by atoms with Gasteiger partial charge in [0.25, 0.3) is 0 Å². The first-order valence-electron chi connectivity index (χ1n) is 8.42. The maximum atomic E-state index is 5.25. The molecule has 0 aromatic heterocycles. The molecule has 0 heterocycles. The molecule has 0 aliphatic carbocycles. The quantitative estimate of drug-likeness (QED) is 0.552. The van der Waals surface area contributed by atoms with Crippen molar-refractivity contribution in [2.75, 3.05) is 7.11 Å². The molecule has 2 rings (SSSR count). The Hall–Kier alpha value is -1.85. The van der Waals surface area contributed by atoms with Crippen molar-refractivity contribution in [2.45, 2.75) is 26.2 Å². The van der Waals surface area contributed by atoms with Crippen molar-refractivity contribution in [3.8, 4) is 5.75 Å². The van der Waals surface area contributed by atoms with E-state index < -0.39 is 16.1 Å². The van der Waals surface area contributed by atoms with Crippen LogP contribution in [0.4, 0.5) is 0 Å². The molecule has 0 aliphatic heterocycles. The van der Waals surface area contributed by atoms with Crippen LogP contribution in [0.1, 0.15) is 0 Å². The molecular formula is C21H28OSi2. The smallest absolute Gasteiger partial charge is 0.118 e. The predicted molar refractivity (Wildman–Crippen MR) is 112 cm³/mol. The summed E-state index contributed by atoms with van der Waals surface area (Å²) >= 11 is 0. The highest BCUT2D eigenvalue weighted by Crippen LogP contribution is 2.12. The molecule has 24 heavy (non-hydrogen) atoms. The molecule has 0 N–H and O–H groups in total. The maximum absolute atomic E-state index is 5.25. The van der Waals surface area contributed by atoms with Crippen molar-refractivity contribution in [1.82, 2.24) is 0 Å². The van der Waals surface area contributed by atoms with Gasteiger partial charge < -0.3 is 4.74 Å². The van der Waals surface area contributed by atoms with E-state index in [9.17, 15) is 0 Å². The Morgan fingerprint density at radius 3 is 1.58 bits per heavy atom. The molecule has 0 aliphatic rings. The normalized spacial score (nSPS) is 12.9. The number of allylic oxidation sites excluding steroid dienone is 2. The lowest BCUT2D eigenvalue weighted by molar-refractivity contribution is 0.415. The molecule has 0 spiro atoms. The number of hydrogen-bond acceptors (Lipinski definition) is 1. The van der Waals surface area contributed by atoms with Crippen LogP contribution in [0.3, 0.4) is 0 Å². The lowest BCUT2D eigenvalue weighted by Crippen LogP contribution is -2.39. The molecule has 2 aromatic rings. The number of methoxy groups -OCH3 is 1. The highest BCUT2D eigenvalue weighted by molar-refractivity contribution is 6.94. The van der Waals surface area contributed by atoms with Gasteiger partial charge >= 0.3 is 0 Å². The van der Waals surface area contributed by atoms with Crippen LogP contribution in [0.15, 0.2) is 78.1 Å². The fourth-order valence-electron chi connectivity index (χ4n) is 2.67. The summed E-state index contributed by atoms with van der Waals surface area (Å²) in [5.41, 5.74) is 4.82. The van der Waals surface area contributed by atoms with Crippen LogP contribution in [0.2, 0.25) is 26.2 Å². The molecule has 0 atom stereocenters. The molecule has 0 fully saturated rings. The Labute approximate surface area is 148 Å². The molecule has 0 saturated heterocycles. The molecule has 0 saturated carbocycles. The number of benzene rings is 2. The summed E-state index contributed by atoms with van der Waals surface area (Å²) in [4.78, 5) is 0. The van der Waals surface area contributed by atoms with Gasteiger partial charge in [-0.1, -0.05) is 103 Å². The highest BCUT2D eigenvalue weighted by atomic mass is 28.3. The van der Waals surface area contributed by atoms with E-state index in [4.69, 9.17) is 4.74 Å². The fraction of sp³-hybridized carbons (Fsp3) is 0.238. The van der Waals surface area contributed by atoms with E-state index in [-0.39, 0.29) is 0 Å². The van der Waals surface area contributed by atoms with Gasteiger partial charge in [0, 0.05) is 0 Å². The van der Waals surface area contributed by atoms with Gasteiger partial charge in [-0.25, -0.2) is 0 Å². The molecule has 0 amide bonds. The topological polar surface area (TPSA) is 9.23 Å².